The van der Waals surface area contributed by atoms with E-state index in [2.05, 4.69) is 31.6 Å². The van der Waals surface area contributed by atoms with E-state index in [0.29, 0.717) is 34.2 Å². The van der Waals surface area contributed by atoms with E-state index in [0.717, 1.165) is 18.8 Å². The van der Waals surface area contributed by atoms with Crippen molar-refractivity contribution in [2.45, 2.75) is 47.0 Å². The first-order chi connectivity index (χ1) is 14.6. The molecule has 9 heteroatoms. The number of nitriles is 1. The zero-order chi connectivity index (χ0) is 23.3. The number of benzene rings is 1. The van der Waals surface area contributed by atoms with Crippen molar-refractivity contribution in [3.05, 3.63) is 23.4 Å². The lowest BCUT2D eigenvalue weighted by molar-refractivity contribution is -0.114. The molecule has 2 rings (SSSR count). The first-order valence-corrected chi connectivity index (χ1v) is 10.2. The summed E-state index contributed by atoms with van der Waals surface area (Å²) in [6.45, 7) is 13.1. The Labute approximate surface area is 183 Å². The number of carbonyl (C=O) groups is 1. The van der Waals surface area contributed by atoms with Crippen LogP contribution in [0.25, 0.3) is 0 Å². The minimum absolute atomic E-state index is 0.222. The van der Waals surface area contributed by atoms with E-state index in [9.17, 15) is 10.1 Å². The molecule has 0 spiro atoms. The first-order valence-electron chi connectivity index (χ1n) is 10.2. The predicted octanol–water partition coefficient (Wildman–Crippen LogP) is 4.82. The molecule has 0 bridgehead atoms. The minimum Gasteiger partial charge on any atom is -0.494 e. The molecule has 1 amide bonds. The van der Waals surface area contributed by atoms with Crippen LogP contribution in [-0.2, 0) is 17.3 Å². The second kappa shape index (κ2) is 9.60. The fourth-order valence-corrected chi connectivity index (χ4v) is 3.26. The highest BCUT2D eigenvalue weighted by Crippen LogP contribution is 2.40. The molecule has 0 aliphatic carbocycles. The number of nitrogens with one attached hydrogen (secondary N) is 1. The van der Waals surface area contributed by atoms with Gasteiger partial charge in [-0.15, -0.1) is 10.2 Å². The minimum atomic E-state index is -0.313. The van der Waals surface area contributed by atoms with Gasteiger partial charge in [0.05, 0.1) is 24.2 Å². The SMILES string of the molecule is CCN(CC)c1cc(NC(C)=O)c(/N=N/c2c(C#N)c(C(C)(C)C)nn2C)cc1OC. The molecule has 31 heavy (non-hydrogen) atoms. The summed E-state index contributed by atoms with van der Waals surface area (Å²) in [4.78, 5) is 13.9. The Bertz CT molecular complexity index is 1020. The quantitative estimate of drug-likeness (QED) is 0.640. The highest BCUT2D eigenvalue weighted by Gasteiger charge is 2.26. The fourth-order valence-electron chi connectivity index (χ4n) is 3.26. The number of anilines is 2. The number of aromatic nitrogens is 2. The van der Waals surface area contributed by atoms with Crippen molar-refractivity contribution >= 4 is 28.8 Å². The molecule has 166 valence electrons. The maximum Gasteiger partial charge on any atom is 0.221 e. The maximum absolute atomic E-state index is 11.8. The van der Waals surface area contributed by atoms with Crippen molar-refractivity contribution in [3.63, 3.8) is 0 Å². The topological polar surface area (TPSA) is 108 Å². The van der Waals surface area contributed by atoms with Gasteiger partial charge in [-0.2, -0.15) is 10.4 Å². The molecule has 9 nitrogen and oxygen atoms in total. The lowest BCUT2D eigenvalue weighted by Gasteiger charge is -2.24. The van der Waals surface area contributed by atoms with Crippen LogP contribution in [0.15, 0.2) is 22.4 Å². The third-order valence-corrected chi connectivity index (χ3v) is 4.80. The zero-order valence-electron chi connectivity index (χ0n) is 19.6. The van der Waals surface area contributed by atoms with E-state index in [4.69, 9.17) is 4.74 Å². The highest BCUT2D eigenvalue weighted by molar-refractivity contribution is 5.93. The van der Waals surface area contributed by atoms with Gasteiger partial charge in [-0.25, -0.2) is 4.68 Å². The molecule has 0 saturated heterocycles. The van der Waals surface area contributed by atoms with Crippen molar-refractivity contribution < 1.29 is 9.53 Å². The van der Waals surface area contributed by atoms with Crippen molar-refractivity contribution in [2.75, 3.05) is 30.4 Å². The van der Waals surface area contributed by atoms with Gasteiger partial charge in [0.25, 0.3) is 0 Å². The fraction of sp³-hybridized carbons (Fsp3) is 0.500. The van der Waals surface area contributed by atoms with Crippen LogP contribution in [0.2, 0.25) is 0 Å². The number of carbonyl (C=O) groups excluding carboxylic acids is 1. The Morgan fingerprint density at radius 2 is 1.94 bits per heavy atom. The van der Waals surface area contributed by atoms with E-state index in [1.807, 2.05) is 40.7 Å². The molecule has 0 unspecified atom stereocenters. The number of azo groups is 1. The Morgan fingerprint density at radius 1 is 1.29 bits per heavy atom. The van der Waals surface area contributed by atoms with Gasteiger partial charge in [-0.05, 0) is 19.9 Å². The Kier molecular flexibility index (Phi) is 7.39. The molecule has 0 aliphatic rings. The lowest BCUT2D eigenvalue weighted by Crippen LogP contribution is -2.22. The first kappa shape index (κ1) is 23.9. The zero-order valence-corrected chi connectivity index (χ0v) is 19.6. The molecule has 1 heterocycles. The summed E-state index contributed by atoms with van der Waals surface area (Å²) in [7, 11) is 3.31. The third-order valence-electron chi connectivity index (χ3n) is 4.80. The van der Waals surface area contributed by atoms with Gasteiger partial charge < -0.3 is 15.0 Å². The maximum atomic E-state index is 11.8. The average Bonchev–Trinajstić information content (AvgIpc) is 3.03. The van der Waals surface area contributed by atoms with Crippen molar-refractivity contribution in [1.82, 2.24) is 9.78 Å². The summed E-state index contributed by atoms with van der Waals surface area (Å²) in [5, 5.41) is 25.7. The summed E-state index contributed by atoms with van der Waals surface area (Å²) >= 11 is 0. The van der Waals surface area contributed by atoms with Crippen molar-refractivity contribution in [2.24, 2.45) is 17.3 Å². The molecule has 1 aromatic carbocycles. The molecule has 0 saturated carbocycles. The summed E-state index contributed by atoms with van der Waals surface area (Å²) in [5.74, 6) is 0.751. The summed E-state index contributed by atoms with van der Waals surface area (Å²) < 4.78 is 7.12. The molecule has 0 aliphatic heterocycles. The molecule has 0 atom stereocenters. The van der Waals surface area contributed by atoms with Gasteiger partial charge in [0.2, 0.25) is 5.91 Å². The van der Waals surface area contributed by atoms with E-state index < -0.39 is 0 Å². The van der Waals surface area contributed by atoms with E-state index in [-0.39, 0.29) is 11.3 Å². The second-order valence-corrected chi connectivity index (χ2v) is 8.13. The molecule has 1 aromatic heterocycles. The highest BCUT2D eigenvalue weighted by atomic mass is 16.5. The molecule has 1 N–H and O–H groups in total. The molecular formula is C22H31N7O2. The second-order valence-electron chi connectivity index (χ2n) is 8.13. The number of hydrogen-bond donors (Lipinski definition) is 1. The average molecular weight is 426 g/mol. The lowest BCUT2D eigenvalue weighted by atomic mass is 9.90. The predicted molar refractivity (Wildman–Crippen MR) is 122 cm³/mol. The van der Waals surface area contributed by atoms with Gasteiger partial charge >= 0.3 is 0 Å². The summed E-state index contributed by atoms with van der Waals surface area (Å²) in [6.07, 6.45) is 0. The van der Waals surface area contributed by atoms with Crippen LogP contribution in [0.3, 0.4) is 0 Å². The molecule has 0 fully saturated rings. The van der Waals surface area contributed by atoms with E-state index >= 15 is 0 Å². The number of ether oxygens (including phenoxy) is 1. The van der Waals surface area contributed by atoms with Crippen molar-refractivity contribution in [3.8, 4) is 11.8 Å². The molecule has 2 aromatic rings. The third kappa shape index (κ3) is 5.20. The van der Waals surface area contributed by atoms with Crippen LogP contribution in [0.5, 0.6) is 5.75 Å². The Morgan fingerprint density at radius 3 is 2.42 bits per heavy atom. The number of rotatable bonds is 7. The van der Waals surface area contributed by atoms with Gasteiger partial charge in [0, 0.05) is 38.5 Å². The Balaban J connectivity index is 2.64. The monoisotopic (exact) mass is 425 g/mol. The number of hydrogen-bond acceptors (Lipinski definition) is 7. The number of nitrogens with zero attached hydrogens (tertiary/aromatic N) is 6. The largest absolute Gasteiger partial charge is 0.494 e. The number of methoxy groups -OCH3 is 1. The summed E-state index contributed by atoms with van der Waals surface area (Å²) in [5.41, 5.74) is 2.51. The van der Waals surface area contributed by atoms with Gasteiger partial charge in [0.1, 0.15) is 23.1 Å². The van der Waals surface area contributed by atoms with Crippen LogP contribution in [-0.4, -0.2) is 35.9 Å². The van der Waals surface area contributed by atoms with Crippen LogP contribution >= 0.6 is 0 Å². The number of aryl methyl sites for hydroxylation is 1. The molecule has 0 radical (unpaired) electrons. The van der Waals surface area contributed by atoms with Crippen molar-refractivity contribution in [1.29, 1.82) is 5.26 Å². The van der Waals surface area contributed by atoms with Crippen LogP contribution < -0.4 is 15.0 Å². The smallest absolute Gasteiger partial charge is 0.221 e. The number of amides is 1. The van der Waals surface area contributed by atoms with Crippen LogP contribution in [0.4, 0.5) is 22.9 Å². The van der Waals surface area contributed by atoms with E-state index in [1.165, 1.54) is 6.92 Å². The van der Waals surface area contributed by atoms with Gasteiger partial charge in [0.15, 0.2) is 5.82 Å². The van der Waals surface area contributed by atoms with E-state index in [1.54, 1.807) is 24.9 Å². The summed E-state index contributed by atoms with van der Waals surface area (Å²) in [6, 6.07) is 5.76. The van der Waals surface area contributed by atoms with Gasteiger partial charge in [-0.3, -0.25) is 4.79 Å². The van der Waals surface area contributed by atoms with Gasteiger partial charge in [-0.1, -0.05) is 20.8 Å². The molecular weight excluding hydrogens is 394 g/mol. The normalized spacial score (nSPS) is 11.5. The standard InChI is InChI=1S/C22H31N7O2/c1-9-29(10-2)18-11-16(24-14(3)30)17(12-19(18)31-8)25-26-21-15(13-23)20(22(4,5)6)27-28(21)7/h11-12H,9-10H2,1-8H3,(H,24,30)/b26-25+. The van der Waals surface area contributed by atoms with Crippen LogP contribution in [0.1, 0.15) is 52.8 Å². The van der Waals surface area contributed by atoms with Crippen LogP contribution in [0, 0.1) is 11.3 Å². The Hall–Kier alpha value is -3.41.